The van der Waals surface area contributed by atoms with Gasteiger partial charge in [0.2, 0.25) is 0 Å². The zero-order valence-corrected chi connectivity index (χ0v) is 18.4. The lowest BCUT2D eigenvalue weighted by Crippen LogP contribution is -2.30. The second-order valence-corrected chi connectivity index (χ2v) is 9.71. The average Bonchev–Trinajstić information content (AvgIpc) is 3.35. The Kier molecular flexibility index (Phi) is 5.03. The number of hydrogen-bond donors (Lipinski definition) is 1. The van der Waals surface area contributed by atoms with Gasteiger partial charge in [-0.3, -0.25) is 20.2 Å². The molecule has 3 heterocycles. The van der Waals surface area contributed by atoms with Crippen LogP contribution in [0.15, 0.2) is 30.3 Å². The Bertz CT molecular complexity index is 1320. The maximum absolute atomic E-state index is 12.8. The number of hydrogen-bond acceptors (Lipinski definition) is 8. The Hall–Kier alpha value is -3.11. The molecule has 0 bridgehead atoms. The van der Waals surface area contributed by atoms with E-state index in [1.807, 2.05) is 24.0 Å². The summed E-state index contributed by atoms with van der Waals surface area (Å²) in [6.45, 7) is 3.55. The van der Waals surface area contributed by atoms with Crippen molar-refractivity contribution in [3.63, 3.8) is 0 Å². The fourth-order valence-electron chi connectivity index (χ4n) is 3.92. The minimum absolute atomic E-state index is 0.0430. The molecule has 0 radical (unpaired) electrons. The van der Waals surface area contributed by atoms with E-state index in [0.29, 0.717) is 10.8 Å². The predicted molar refractivity (Wildman–Crippen MR) is 125 cm³/mol. The molecule has 0 unspecified atom stereocenters. The first kappa shape index (κ1) is 19.8. The number of nitro groups is 1. The Labute approximate surface area is 185 Å². The van der Waals surface area contributed by atoms with Crippen molar-refractivity contribution in [1.29, 1.82) is 0 Å². The quantitative estimate of drug-likeness (QED) is 0.329. The first-order chi connectivity index (χ1) is 15.0. The highest BCUT2D eigenvalue weighted by atomic mass is 32.1. The van der Waals surface area contributed by atoms with Crippen LogP contribution < -0.4 is 10.2 Å². The Balaban J connectivity index is 1.44. The highest BCUT2D eigenvalue weighted by Gasteiger charge is 2.23. The van der Waals surface area contributed by atoms with E-state index in [-0.39, 0.29) is 11.3 Å². The number of amides is 1. The van der Waals surface area contributed by atoms with Gasteiger partial charge in [-0.15, -0.1) is 11.3 Å². The minimum atomic E-state index is -0.418. The number of benzene rings is 2. The van der Waals surface area contributed by atoms with Crippen molar-refractivity contribution in [2.24, 2.45) is 0 Å². The number of carbonyl (C=O) groups excluding carboxylic acids is 1. The van der Waals surface area contributed by atoms with Gasteiger partial charge in [0.1, 0.15) is 11.2 Å². The van der Waals surface area contributed by atoms with E-state index in [2.05, 4.69) is 15.3 Å². The van der Waals surface area contributed by atoms with Gasteiger partial charge in [-0.05, 0) is 50.5 Å². The van der Waals surface area contributed by atoms with Gasteiger partial charge in [0.05, 0.1) is 24.8 Å². The molecule has 2 aromatic carbocycles. The number of rotatable bonds is 4. The first-order valence-electron chi connectivity index (χ1n) is 10.0. The van der Waals surface area contributed by atoms with Crippen LogP contribution in [-0.4, -0.2) is 33.9 Å². The van der Waals surface area contributed by atoms with Crippen LogP contribution in [0.3, 0.4) is 0 Å². The maximum Gasteiger partial charge on any atom is 0.293 e. The number of carbonyl (C=O) groups is 1. The lowest BCUT2D eigenvalue weighted by molar-refractivity contribution is -0.384. The van der Waals surface area contributed by atoms with Crippen molar-refractivity contribution >= 4 is 65.5 Å². The van der Waals surface area contributed by atoms with Crippen LogP contribution in [0.25, 0.3) is 20.4 Å². The molecular weight excluding hydrogens is 434 g/mol. The molecule has 5 rings (SSSR count). The molecule has 2 aromatic heterocycles. The van der Waals surface area contributed by atoms with Gasteiger partial charge in [0, 0.05) is 24.7 Å². The summed E-state index contributed by atoms with van der Waals surface area (Å²) in [4.78, 5) is 35.2. The first-order valence-corrected chi connectivity index (χ1v) is 11.6. The average molecular weight is 454 g/mol. The van der Waals surface area contributed by atoms with Crippen LogP contribution in [0.2, 0.25) is 0 Å². The Morgan fingerprint density at radius 1 is 1.13 bits per heavy atom. The summed E-state index contributed by atoms with van der Waals surface area (Å²) in [5, 5.41) is 15.9. The molecule has 31 heavy (non-hydrogen) atoms. The number of thiazole rings is 2. The summed E-state index contributed by atoms with van der Waals surface area (Å²) >= 11 is 2.98. The fourth-order valence-corrected chi connectivity index (χ4v) is 5.78. The molecule has 1 N–H and O–H groups in total. The summed E-state index contributed by atoms with van der Waals surface area (Å²) in [7, 11) is 0. The van der Waals surface area contributed by atoms with Crippen molar-refractivity contribution < 1.29 is 9.72 Å². The van der Waals surface area contributed by atoms with Crippen LogP contribution in [0.5, 0.6) is 0 Å². The third kappa shape index (κ3) is 3.72. The van der Waals surface area contributed by atoms with Crippen molar-refractivity contribution in [2.75, 3.05) is 23.3 Å². The molecule has 0 saturated carbocycles. The molecule has 1 aliphatic heterocycles. The van der Waals surface area contributed by atoms with Crippen LogP contribution in [0.1, 0.15) is 34.6 Å². The molecule has 1 saturated heterocycles. The summed E-state index contributed by atoms with van der Waals surface area (Å²) in [5.41, 5.74) is 2.42. The molecular formula is C21H19N5O3S2. The second kappa shape index (κ2) is 7.86. The van der Waals surface area contributed by atoms with Gasteiger partial charge in [0.25, 0.3) is 11.6 Å². The van der Waals surface area contributed by atoms with Crippen molar-refractivity contribution in [3.8, 4) is 0 Å². The molecule has 8 nitrogen and oxygen atoms in total. The summed E-state index contributed by atoms with van der Waals surface area (Å²) in [5.74, 6) is -0.418. The molecule has 1 amide bonds. The van der Waals surface area contributed by atoms with E-state index in [9.17, 15) is 14.9 Å². The number of fused-ring (bicyclic) bond motifs is 3. The lowest BCUT2D eigenvalue weighted by Gasteiger charge is -2.28. The van der Waals surface area contributed by atoms with Gasteiger partial charge < -0.3 is 4.90 Å². The highest BCUT2D eigenvalue weighted by Crippen LogP contribution is 2.35. The summed E-state index contributed by atoms with van der Waals surface area (Å²) in [6.07, 6.45) is 3.17. The van der Waals surface area contributed by atoms with Gasteiger partial charge in [-0.1, -0.05) is 11.3 Å². The third-order valence-electron chi connectivity index (χ3n) is 5.37. The Morgan fingerprint density at radius 2 is 1.94 bits per heavy atom. The van der Waals surface area contributed by atoms with E-state index < -0.39 is 10.8 Å². The zero-order chi connectivity index (χ0) is 21.5. The second-order valence-electron chi connectivity index (χ2n) is 7.47. The van der Waals surface area contributed by atoms with Crippen molar-refractivity contribution in [2.45, 2.75) is 26.2 Å². The molecule has 0 atom stereocenters. The van der Waals surface area contributed by atoms with E-state index in [1.54, 1.807) is 23.5 Å². The zero-order valence-electron chi connectivity index (χ0n) is 16.8. The van der Waals surface area contributed by atoms with Crippen LogP contribution in [-0.2, 0) is 0 Å². The Morgan fingerprint density at radius 3 is 2.71 bits per heavy atom. The standard InChI is InChI=1S/C21H19N5O3S2/c1-12-22-18-17(30-12)8-6-14-19(18)31-21(23-14)24-20(27)13-5-7-15(16(11-13)26(28)29)25-9-3-2-4-10-25/h5-8,11H,2-4,9-10H2,1H3,(H,23,24,27). The molecule has 158 valence electrons. The van der Waals surface area contributed by atoms with E-state index in [0.717, 1.165) is 57.8 Å². The molecule has 0 aliphatic carbocycles. The molecule has 10 heteroatoms. The van der Waals surface area contributed by atoms with Crippen molar-refractivity contribution in [3.05, 3.63) is 51.0 Å². The van der Waals surface area contributed by atoms with E-state index in [1.165, 1.54) is 17.4 Å². The highest BCUT2D eigenvalue weighted by molar-refractivity contribution is 7.24. The van der Waals surface area contributed by atoms with Crippen molar-refractivity contribution in [1.82, 2.24) is 9.97 Å². The van der Waals surface area contributed by atoms with E-state index >= 15 is 0 Å². The molecule has 1 aliphatic rings. The molecule has 4 aromatic rings. The predicted octanol–water partition coefficient (Wildman–Crippen LogP) is 5.37. The van der Waals surface area contributed by atoms with Crippen LogP contribution in [0, 0.1) is 17.0 Å². The number of piperidine rings is 1. The summed E-state index contributed by atoms with van der Waals surface area (Å²) in [6, 6.07) is 8.57. The fraction of sp³-hybridized carbons (Fsp3) is 0.286. The van der Waals surface area contributed by atoms with Crippen LogP contribution in [0.4, 0.5) is 16.5 Å². The molecule has 1 fully saturated rings. The lowest BCUT2D eigenvalue weighted by atomic mass is 10.1. The van der Waals surface area contributed by atoms with Gasteiger partial charge >= 0.3 is 0 Å². The normalized spacial score (nSPS) is 14.3. The maximum atomic E-state index is 12.8. The minimum Gasteiger partial charge on any atom is -0.366 e. The largest absolute Gasteiger partial charge is 0.366 e. The number of aromatic nitrogens is 2. The monoisotopic (exact) mass is 453 g/mol. The molecule has 0 spiro atoms. The summed E-state index contributed by atoms with van der Waals surface area (Å²) < 4.78 is 2.00. The number of anilines is 2. The third-order valence-corrected chi connectivity index (χ3v) is 7.30. The van der Waals surface area contributed by atoms with Gasteiger partial charge in [0.15, 0.2) is 5.13 Å². The number of nitrogens with one attached hydrogen (secondary N) is 1. The smallest absolute Gasteiger partial charge is 0.293 e. The SMILES string of the molecule is Cc1nc2c(ccc3nc(NC(=O)c4ccc(N5CCCCC5)c([N+](=O)[O-])c4)sc32)s1. The van der Waals surface area contributed by atoms with Crippen LogP contribution >= 0.6 is 22.7 Å². The number of nitro benzene ring substituents is 1. The topological polar surface area (TPSA) is 101 Å². The van der Waals surface area contributed by atoms with Gasteiger partial charge in [-0.25, -0.2) is 9.97 Å². The van der Waals surface area contributed by atoms with E-state index in [4.69, 9.17) is 0 Å². The van der Waals surface area contributed by atoms with Gasteiger partial charge in [-0.2, -0.15) is 0 Å². The number of aryl methyl sites for hydroxylation is 1. The number of nitrogens with zero attached hydrogens (tertiary/aromatic N) is 4.